The summed E-state index contributed by atoms with van der Waals surface area (Å²) in [6.45, 7) is 17.0. The van der Waals surface area contributed by atoms with Crippen molar-refractivity contribution in [2.24, 2.45) is 17.3 Å². The third kappa shape index (κ3) is 3.39. The topological polar surface area (TPSA) is 160 Å². The summed E-state index contributed by atoms with van der Waals surface area (Å²) in [7, 11) is 0. The fraction of sp³-hybridized carbons (Fsp3) is 0.558. The molecule has 66 heavy (non-hydrogen) atoms. The second kappa shape index (κ2) is 10.4. The molecule has 0 radical (unpaired) electrons. The summed E-state index contributed by atoms with van der Waals surface area (Å²) in [5, 5.41) is 33.8. The zero-order valence-electron chi connectivity index (χ0n) is 38.6. The highest BCUT2D eigenvalue weighted by molar-refractivity contribution is 6.18. The van der Waals surface area contributed by atoms with Gasteiger partial charge in [0.1, 0.15) is 50.3 Å². The molecule has 13 heterocycles. The zero-order chi connectivity index (χ0) is 45.8. The van der Waals surface area contributed by atoms with Gasteiger partial charge in [0.15, 0.2) is 5.71 Å². The second-order valence-corrected chi connectivity index (χ2v) is 24.2. The summed E-state index contributed by atoms with van der Waals surface area (Å²) >= 11 is 0. The van der Waals surface area contributed by atoms with Crippen LogP contribution >= 0.6 is 0 Å². The molecule has 340 valence electrons. The zero-order valence-corrected chi connectivity index (χ0v) is 38.6. The third-order valence-corrected chi connectivity index (χ3v) is 20.0. The van der Waals surface area contributed by atoms with Crippen LogP contribution in [0.5, 0.6) is 11.5 Å². The van der Waals surface area contributed by atoms with Gasteiger partial charge in [-0.05, 0) is 134 Å². The van der Waals surface area contributed by atoms with Gasteiger partial charge in [-0.2, -0.15) is 9.47 Å². The minimum absolute atomic E-state index is 0.176. The quantitative estimate of drug-likeness (QED) is 0.163. The summed E-state index contributed by atoms with van der Waals surface area (Å²) in [5.74, 6) is -1.92. The van der Waals surface area contributed by atoms with E-state index in [4.69, 9.17) is 9.47 Å². The number of benzene rings is 2. The van der Waals surface area contributed by atoms with Gasteiger partial charge in [0.05, 0.1) is 28.2 Å². The van der Waals surface area contributed by atoms with Gasteiger partial charge in [-0.3, -0.25) is 19.2 Å². The molecule has 14 aliphatic rings. The van der Waals surface area contributed by atoms with Crippen LogP contribution in [0.1, 0.15) is 128 Å². The maximum absolute atomic E-state index is 16.8. The number of hydrogen-bond acceptors (Lipinski definition) is 8. The minimum Gasteiger partial charge on any atom is -0.618 e. The molecule has 2 N–H and O–H groups in total. The Labute approximate surface area is 381 Å². The molecular formula is C52H54N6O8. The number of aromatic nitrogens is 1. The van der Waals surface area contributed by atoms with Crippen LogP contribution in [0.4, 0.5) is 5.69 Å². The normalized spacial score (nSPS) is 40.5. The molecule has 3 aromatic rings. The number of amides is 4. The SMILES string of the molecule is CC1(C)C=Cc2c(ccc3c2[N+]([O-])=C2C(C)(C)[C@@H]4CC56CCCN5C(=O)[C@]4(NC6=O)[C@H]4N5C(=O)[C@@]67CCCN6C(=O)[C@@]56[C@H](c5c(n(O)c8c9c(ccc58)OC(C)(C)C=C9)C(C)(C)[C@@H]6C7)[C@@]234)O1. The van der Waals surface area contributed by atoms with E-state index in [0.717, 1.165) is 4.74 Å². The predicted molar refractivity (Wildman–Crippen MR) is 240 cm³/mol. The summed E-state index contributed by atoms with van der Waals surface area (Å²) < 4.78 is 15.5. The van der Waals surface area contributed by atoms with Gasteiger partial charge in [-0.25, -0.2) is 0 Å². The molecular weight excluding hydrogens is 837 g/mol. The van der Waals surface area contributed by atoms with Gasteiger partial charge in [-0.15, -0.1) is 0 Å². The van der Waals surface area contributed by atoms with Crippen molar-refractivity contribution in [1.82, 2.24) is 24.7 Å². The Balaban J connectivity index is 1.16. The van der Waals surface area contributed by atoms with Gasteiger partial charge >= 0.3 is 0 Å². The number of carbonyl (C=O) groups is 4. The van der Waals surface area contributed by atoms with Crippen molar-refractivity contribution in [1.29, 1.82) is 0 Å². The molecule has 2 aliphatic carbocycles. The van der Waals surface area contributed by atoms with Crippen LogP contribution < -0.4 is 14.8 Å². The van der Waals surface area contributed by atoms with Gasteiger partial charge in [0.25, 0.3) is 5.91 Å². The van der Waals surface area contributed by atoms with E-state index in [2.05, 4.69) is 33.0 Å². The van der Waals surface area contributed by atoms with E-state index >= 15 is 24.4 Å². The summed E-state index contributed by atoms with van der Waals surface area (Å²) in [5.41, 5.74) is -6.07. The van der Waals surface area contributed by atoms with E-state index in [-0.39, 0.29) is 23.6 Å². The van der Waals surface area contributed by atoms with E-state index < -0.39 is 73.4 Å². The molecule has 1 aromatic heterocycles. The lowest BCUT2D eigenvalue weighted by Gasteiger charge is -2.70. The summed E-state index contributed by atoms with van der Waals surface area (Å²) in [4.78, 5) is 70.5. The van der Waals surface area contributed by atoms with Gasteiger partial charge in [0.2, 0.25) is 23.4 Å². The average molecular weight is 891 g/mol. The molecule has 2 aromatic carbocycles. The van der Waals surface area contributed by atoms with Crippen LogP contribution in [0.2, 0.25) is 0 Å². The number of nitrogens with zero attached hydrogens (tertiary/aromatic N) is 5. The van der Waals surface area contributed by atoms with E-state index in [1.165, 1.54) is 4.73 Å². The van der Waals surface area contributed by atoms with Crippen LogP contribution in [-0.2, 0) is 30.0 Å². The minimum atomic E-state index is -1.73. The van der Waals surface area contributed by atoms with Gasteiger partial charge in [-0.1, -0.05) is 13.8 Å². The van der Waals surface area contributed by atoms with Crippen molar-refractivity contribution >= 4 is 58.1 Å². The first-order valence-electron chi connectivity index (χ1n) is 24.1. The van der Waals surface area contributed by atoms with E-state index in [1.54, 1.807) is 4.90 Å². The lowest BCUT2D eigenvalue weighted by molar-refractivity contribution is -0.367. The average Bonchev–Trinajstić information content (AvgIpc) is 4.05. The predicted octanol–water partition coefficient (Wildman–Crippen LogP) is 5.79. The van der Waals surface area contributed by atoms with E-state index in [1.807, 2.05) is 86.1 Å². The molecule has 17 rings (SSSR count). The molecule has 4 bridgehead atoms. The van der Waals surface area contributed by atoms with E-state index in [0.29, 0.717) is 113 Å². The van der Waals surface area contributed by atoms with Crippen molar-refractivity contribution in [2.75, 3.05) is 13.1 Å². The number of hydrogen-bond donors (Lipinski definition) is 2. The standard InChI is InChI=1S/C52H54N6O8/c1-44(2)19-15-25-29(65-44)13-11-27-33-36-50-28-12-14-30-26(16-20-45(3,4)66-30)35(28)58(64)38(50)47(7,8)31-23-48-17-9-21-54(48)42(61)51(31,53-40(48)59)39(50)56-41(60)49-18-10-22-55(49)43(62)52(36,56)32(24-49)46(5,6)37(33)57(63)34(25)27/h11-16,19-20,31-32,36,39,63H,9-10,17-18,21-24H2,1-8H3,(H,53,59)/t31-,32-,36+,39-,48?,49-,50+,51+,52+/m0/s1. The number of rotatable bonds is 0. The summed E-state index contributed by atoms with van der Waals surface area (Å²) in [6.07, 6.45) is 10.8. The van der Waals surface area contributed by atoms with Crippen molar-refractivity contribution in [2.45, 2.75) is 150 Å². The van der Waals surface area contributed by atoms with Gasteiger partial charge < -0.3 is 39.9 Å². The van der Waals surface area contributed by atoms with Crippen molar-refractivity contribution in [3.05, 3.63) is 69.6 Å². The van der Waals surface area contributed by atoms with Crippen LogP contribution in [0.3, 0.4) is 0 Å². The molecule has 9 saturated heterocycles. The molecule has 4 amide bonds. The monoisotopic (exact) mass is 890 g/mol. The number of fused-ring (bicyclic) bond motifs is 10. The highest BCUT2D eigenvalue weighted by atomic mass is 16.5. The molecule has 5 spiro atoms. The van der Waals surface area contributed by atoms with Crippen LogP contribution in [-0.4, -0.2) is 111 Å². The van der Waals surface area contributed by atoms with Gasteiger partial charge in [0, 0.05) is 52.8 Å². The highest BCUT2D eigenvalue weighted by Crippen LogP contribution is 2.81. The first-order valence-corrected chi connectivity index (χ1v) is 24.1. The number of ether oxygens (including phenoxy) is 2. The van der Waals surface area contributed by atoms with Crippen molar-refractivity contribution in [3.63, 3.8) is 0 Å². The van der Waals surface area contributed by atoms with E-state index in [9.17, 15) is 5.21 Å². The fourth-order valence-corrected chi connectivity index (χ4v) is 18.0. The molecule has 1 unspecified atom stereocenters. The Morgan fingerprint density at radius 3 is 2.09 bits per heavy atom. The number of piperidine rings is 4. The van der Waals surface area contributed by atoms with Crippen molar-refractivity contribution < 1.29 is 38.6 Å². The first-order chi connectivity index (χ1) is 31.1. The highest BCUT2D eigenvalue weighted by Gasteiger charge is 2.95. The Morgan fingerprint density at radius 2 is 1.38 bits per heavy atom. The maximum Gasteiger partial charge on any atom is 0.251 e. The molecule has 14 heteroatoms. The molecule has 1 saturated carbocycles. The Morgan fingerprint density at radius 1 is 0.758 bits per heavy atom. The fourth-order valence-electron chi connectivity index (χ4n) is 18.0. The lowest BCUT2D eigenvalue weighted by atomic mass is 9.39. The van der Waals surface area contributed by atoms with Crippen LogP contribution in [0.15, 0.2) is 36.4 Å². The van der Waals surface area contributed by atoms with Crippen molar-refractivity contribution in [3.8, 4) is 11.5 Å². The largest absolute Gasteiger partial charge is 0.618 e. The Kier molecular flexibility index (Phi) is 6.01. The smallest absolute Gasteiger partial charge is 0.251 e. The maximum atomic E-state index is 16.8. The lowest BCUT2D eigenvalue weighted by Crippen LogP contribution is -2.93. The summed E-state index contributed by atoms with van der Waals surface area (Å²) in [6, 6.07) is 6.54. The van der Waals surface area contributed by atoms with Crippen LogP contribution in [0, 0.1) is 22.5 Å². The Hall–Kier alpha value is -5.79. The number of carbonyl (C=O) groups excluding carboxylic acids is 4. The Bertz CT molecular complexity index is 3140. The molecule has 12 aliphatic heterocycles. The van der Waals surface area contributed by atoms with Crippen LogP contribution in [0.25, 0.3) is 23.1 Å². The number of piperazine rings is 2. The molecule has 10 fully saturated rings. The molecule has 9 atom stereocenters. The first kappa shape index (κ1) is 38.3. The third-order valence-electron chi connectivity index (χ3n) is 20.0. The molecule has 14 nitrogen and oxygen atoms in total. The number of nitrogens with one attached hydrogen (secondary N) is 1. The second-order valence-electron chi connectivity index (χ2n) is 24.2.